The second kappa shape index (κ2) is 6.15. The molecule has 0 amide bonds. The Hall–Kier alpha value is -1.56. The number of hydrogen-bond acceptors (Lipinski definition) is 4. The molecule has 0 radical (unpaired) electrons. The highest BCUT2D eigenvalue weighted by Gasteiger charge is 2.42. The smallest absolute Gasteiger partial charge is 0.356 e. The number of rotatable bonds is 5. The topological polar surface area (TPSA) is 51.2 Å². The van der Waals surface area contributed by atoms with E-state index >= 15 is 0 Å². The van der Waals surface area contributed by atoms with Crippen LogP contribution in [0.5, 0.6) is 0 Å². The zero-order valence-electron chi connectivity index (χ0n) is 13.5. The molecule has 4 nitrogen and oxygen atoms in total. The van der Waals surface area contributed by atoms with E-state index in [1.54, 1.807) is 6.07 Å². The molecule has 126 valence electrons. The molecule has 1 atom stereocenters. The van der Waals surface area contributed by atoms with Gasteiger partial charge in [-0.05, 0) is 49.3 Å². The molecular formula is C17H22F2N2O2. The fourth-order valence-corrected chi connectivity index (χ4v) is 3.35. The van der Waals surface area contributed by atoms with Gasteiger partial charge in [0, 0.05) is 19.0 Å². The zero-order chi connectivity index (χ0) is 16.6. The minimum atomic E-state index is -2.96. The molecule has 0 bridgehead atoms. The Morgan fingerprint density at radius 2 is 2.26 bits per heavy atom. The molecule has 1 aromatic heterocycles. The molecule has 0 aliphatic heterocycles. The third-order valence-corrected chi connectivity index (χ3v) is 5.12. The molecule has 3 rings (SSSR count). The minimum Gasteiger partial charge on any atom is -0.464 e. The van der Waals surface area contributed by atoms with Crippen LogP contribution in [-0.2, 0) is 23.6 Å². The first-order valence-electron chi connectivity index (χ1n) is 8.15. The number of aromatic nitrogens is 1. The number of alkyl halides is 2. The first-order chi connectivity index (χ1) is 10.9. The number of pyridine rings is 1. The number of hydrogen-bond donors (Lipinski definition) is 1. The van der Waals surface area contributed by atoms with Gasteiger partial charge in [-0.2, -0.15) is 8.78 Å². The first-order valence-corrected chi connectivity index (χ1v) is 8.15. The van der Waals surface area contributed by atoms with Gasteiger partial charge < -0.3 is 10.1 Å². The van der Waals surface area contributed by atoms with Crippen molar-refractivity contribution in [1.29, 1.82) is 0 Å². The maximum absolute atomic E-state index is 14.0. The van der Waals surface area contributed by atoms with E-state index in [0.717, 1.165) is 5.56 Å². The average Bonchev–Trinajstić information content (AvgIpc) is 2.78. The van der Waals surface area contributed by atoms with E-state index in [1.807, 2.05) is 0 Å². The zero-order valence-corrected chi connectivity index (χ0v) is 13.5. The Labute approximate surface area is 134 Å². The van der Waals surface area contributed by atoms with Crippen LogP contribution in [0.25, 0.3) is 0 Å². The van der Waals surface area contributed by atoms with Crippen LogP contribution in [0.2, 0.25) is 0 Å². The standard InChI is InChI=1S/C17H22F2N2O2/c1-10(11-4-3-5-11)20-9-12-8-14(16(22)23-2)21-15-13(12)6-7-17(15,18)19/h8,10-11,20H,3-7,9H2,1-2H3/t10-/m0/s1. The van der Waals surface area contributed by atoms with Crippen LogP contribution in [0.4, 0.5) is 8.78 Å². The van der Waals surface area contributed by atoms with Gasteiger partial charge in [0.15, 0.2) is 0 Å². The summed E-state index contributed by atoms with van der Waals surface area (Å²) in [4.78, 5) is 15.6. The Balaban J connectivity index is 1.86. The van der Waals surface area contributed by atoms with E-state index in [1.165, 1.54) is 26.4 Å². The van der Waals surface area contributed by atoms with Crippen molar-refractivity contribution >= 4 is 5.97 Å². The van der Waals surface area contributed by atoms with E-state index in [4.69, 9.17) is 0 Å². The molecule has 2 aliphatic carbocycles. The summed E-state index contributed by atoms with van der Waals surface area (Å²) in [5, 5.41) is 3.42. The van der Waals surface area contributed by atoms with E-state index in [0.29, 0.717) is 30.5 Å². The van der Waals surface area contributed by atoms with Crippen molar-refractivity contribution < 1.29 is 18.3 Å². The number of ether oxygens (including phenoxy) is 1. The second-order valence-corrected chi connectivity index (χ2v) is 6.55. The molecule has 0 aromatic carbocycles. The van der Waals surface area contributed by atoms with Crippen molar-refractivity contribution in [3.8, 4) is 0 Å². The number of nitrogens with one attached hydrogen (secondary N) is 1. The molecule has 0 unspecified atom stereocenters. The van der Waals surface area contributed by atoms with Crippen molar-refractivity contribution in [3.05, 3.63) is 28.6 Å². The largest absolute Gasteiger partial charge is 0.464 e. The van der Waals surface area contributed by atoms with Crippen molar-refractivity contribution in [2.45, 2.75) is 57.5 Å². The van der Waals surface area contributed by atoms with Crippen molar-refractivity contribution in [3.63, 3.8) is 0 Å². The fraction of sp³-hybridized carbons (Fsp3) is 0.647. The number of methoxy groups -OCH3 is 1. The fourth-order valence-electron chi connectivity index (χ4n) is 3.35. The lowest BCUT2D eigenvalue weighted by molar-refractivity contribution is -0.00612. The third-order valence-electron chi connectivity index (χ3n) is 5.12. The van der Waals surface area contributed by atoms with Gasteiger partial charge in [-0.1, -0.05) is 6.42 Å². The summed E-state index contributed by atoms with van der Waals surface area (Å²) >= 11 is 0. The predicted molar refractivity (Wildman–Crippen MR) is 81.4 cm³/mol. The van der Waals surface area contributed by atoms with E-state index in [2.05, 4.69) is 22.0 Å². The van der Waals surface area contributed by atoms with E-state index in [-0.39, 0.29) is 17.8 Å². The third kappa shape index (κ3) is 3.09. The molecule has 1 N–H and O–H groups in total. The summed E-state index contributed by atoms with van der Waals surface area (Å²) in [6.07, 6.45) is 3.75. The second-order valence-electron chi connectivity index (χ2n) is 6.55. The van der Waals surface area contributed by atoms with Crippen LogP contribution in [0, 0.1) is 5.92 Å². The lowest BCUT2D eigenvalue weighted by Gasteiger charge is -2.32. The summed E-state index contributed by atoms with van der Waals surface area (Å²) in [6.45, 7) is 2.60. The SMILES string of the molecule is COC(=O)c1cc(CN[C@@H](C)C2CCC2)c2c(n1)C(F)(F)CC2. The van der Waals surface area contributed by atoms with Crippen LogP contribution < -0.4 is 5.32 Å². The minimum absolute atomic E-state index is 0.0408. The van der Waals surface area contributed by atoms with Gasteiger partial charge in [0.25, 0.3) is 5.92 Å². The van der Waals surface area contributed by atoms with Gasteiger partial charge in [0.05, 0.1) is 7.11 Å². The summed E-state index contributed by atoms with van der Waals surface area (Å²) in [7, 11) is 1.23. The number of fused-ring (bicyclic) bond motifs is 1. The quantitative estimate of drug-likeness (QED) is 0.845. The van der Waals surface area contributed by atoms with Gasteiger partial charge in [-0.25, -0.2) is 9.78 Å². The number of esters is 1. The van der Waals surface area contributed by atoms with Crippen LogP contribution in [0.15, 0.2) is 6.07 Å². The van der Waals surface area contributed by atoms with Crippen LogP contribution in [0.1, 0.15) is 59.9 Å². The Morgan fingerprint density at radius 3 is 2.87 bits per heavy atom. The maximum atomic E-state index is 14.0. The average molecular weight is 324 g/mol. The van der Waals surface area contributed by atoms with Crippen molar-refractivity contribution in [1.82, 2.24) is 10.3 Å². The lowest BCUT2D eigenvalue weighted by atomic mass is 9.80. The van der Waals surface area contributed by atoms with E-state index < -0.39 is 11.9 Å². The number of carbonyl (C=O) groups is 1. The molecular weight excluding hydrogens is 302 g/mol. The van der Waals surface area contributed by atoms with Crippen LogP contribution in [-0.4, -0.2) is 24.1 Å². The van der Waals surface area contributed by atoms with Crippen molar-refractivity contribution in [2.75, 3.05) is 7.11 Å². The molecule has 23 heavy (non-hydrogen) atoms. The monoisotopic (exact) mass is 324 g/mol. The molecule has 0 saturated heterocycles. The van der Waals surface area contributed by atoms with Gasteiger partial charge in [0.1, 0.15) is 11.4 Å². The van der Waals surface area contributed by atoms with Crippen LogP contribution in [0.3, 0.4) is 0 Å². The Bertz CT molecular complexity index is 615. The predicted octanol–water partition coefficient (Wildman–Crippen LogP) is 3.18. The highest BCUT2D eigenvalue weighted by Crippen LogP contribution is 2.42. The summed E-state index contributed by atoms with van der Waals surface area (Å²) in [5.74, 6) is -2.98. The highest BCUT2D eigenvalue weighted by atomic mass is 19.3. The van der Waals surface area contributed by atoms with Gasteiger partial charge >= 0.3 is 5.97 Å². The van der Waals surface area contributed by atoms with Crippen LogP contribution >= 0.6 is 0 Å². The number of halogens is 2. The van der Waals surface area contributed by atoms with Crippen molar-refractivity contribution in [2.24, 2.45) is 5.92 Å². The Morgan fingerprint density at radius 1 is 1.52 bits per heavy atom. The molecule has 6 heteroatoms. The molecule has 1 saturated carbocycles. The van der Waals surface area contributed by atoms with Gasteiger partial charge in [0.2, 0.25) is 0 Å². The molecule has 1 fully saturated rings. The molecule has 0 spiro atoms. The maximum Gasteiger partial charge on any atom is 0.356 e. The number of nitrogens with zero attached hydrogens (tertiary/aromatic N) is 1. The lowest BCUT2D eigenvalue weighted by Crippen LogP contribution is -2.36. The summed E-state index contributed by atoms with van der Waals surface area (Å²) in [5.41, 5.74) is 1.02. The van der Waals surface area contributed by atoms with Gasteiger partial charge in [-0.3, -0.25) is 0 Å². The normalized spacial score (nSPS) is 20.7. The van der Waals surface area contributed by atoms with Gasteiger partial charge in [-0.15, -0.1) is 0 Å². The van der Waals surface area contributed by atoms with E-state index in [9.17, 15) is 13.6 Å². The summed E-state index contributed by atoms with van der Waals surface area (Å²) in [6, 6.07) is 1.93. The summed E-state index contributed by atoms with van der Waals surface area (Å²) < 4.78 is 32.7. The molecule has 2 aliphatic rings. The molecule has 1 aromatic rings. The first kappa shape index (κ1) is 16.3. The Kier molecular flexibility index (Phi) is 4.36. The highest BCUT2D eigenvalue weighted by molar-refractivity contribution is 5.87. The molecule has 1 heterocycles. The number of carbonyl (C=O) groups excluding carboxylic acids is 1.